The highest BCUT2D eigenvalue weighted by molar-refractivity contribution is 9.10. The number of nitro benzene ring substituents is 1. The Morgan fingerprint density at radius 1 is 1.29 bits per heavy atom. The van der Waals surface area contributed by atoms with E-state index in [9.17, 15) is 10.1 Å². The zero-order valence-electron chi connectivity index (χ0n) is 11.6. The van der Waals surface area contributed by atoms with Crippen molar-refractivity contribution in [3.63, 3.8) is 0 Å². The molecular weight excluding hydrogens is 356 g/mol. The van der Waals surface area contributed by atoms with Gasteiger partial charge >= 0.3 is 0 Å². The molecule has 0 aliphatic heterocycles. The van der Waals surface area contributed by atoms with Crippen molar-refractivity contribution in [2.45, 2.75) is 19.9 Å². The highest BCUT2D eigenvalue weighted by Crippen LogP contribution is 2.32. The molecule has 0 saturated heterocycles. The maximum Gasteiger partial charge on any atom is 0.269 e. The Labute approximate surface area is 136 Å². The van der Waals surface area contributed by atoms with Gasteiger partial charge in [-0.25, -0.2) is 0 Å². The maximum atomic E-state index is 10.7. The molecule has 0 fully saturated rings. The van der Waals surface area contributed by atoms with E-state index in [-0.39, 0.29) is 11.7 Å². The van der Waals surface area contributed by atoms with Gasteiger partial charge in [0.25, 0.3) is 5.69 Å². The Balaban J connectivity index is 2.19. The zero-order chi connectivity index (χ0) is 15.6. The van der Waals surface area contributed by atoms with E-state index >= 15 is 0 Å². The number of nitro groups is 1. The third-order valence-electron chi connectivity index (χ3n) is 3.22. The van der Waals surface area contributed by atoms with E-state index in [2.05, 4.69) is 21.2 Å². The van der Waals surface area contributed by atoms with Crippen LogP contribution in [0.3, 0.4) is 0 Å². The standard InChI is InChI=1S/C15H14BrClN2O2/c1-9-7-13(16)15(8-14(9)17)18-10(2)11-3-5-12(6-4-11)19(20)21/h3-8,10,18H,1-2H3. The number of nitrogens with zero attached hydrogens (tertiary/aromatic N) is 1. The minimum absolute atomic E-state index is 0.000812. The van der Waals surface area contributed by atoms with Gasteiger partial charge in [-0.15, -0.1) is 0 Å². The van der Waals surface area contributed by atoms with Crippen molar-refractivity contribution < 1.29 is 4.92 Å². The molecule has 4 nitrogen and oxygen atoms in total. The van der Waals surface area contributed by atoms with Crippen LogP contribution in [0.5, 0.6) is 0 Å². The van der Waals surface area contributed by atoms with Crippen LogP contribution in [0.2, 0.25) is 5.02 Å². The lowest BCUT2D eigenvalue weighted by Gasteiger charge is -2.17. The number of benzene rings is 2. The molecule has 0 aliphatic carbocycles. The number of non-ortho nitro benzene ring substituents is 1. The normalized spacial score (nSPS) is 12.0. The van der Waals surface area contributed by atoms with Gasteiger partial charge < -0.3 is 5.32 Å². The molecule has 1 N–H and O–H groups in total. The average Bonchev–Trinajstić information content (AvgIpc) is 2.44. The summed E-state index contributed by atoms with van der Waals surface area (Å²) in [5.41, 5.74) is 2.93. The number of nitrogens with one attached hydrogen (secondary N) is 1. The van der Waals surface area contributed by atoms with Crippen molar-refractivity contribution in [3.8, 4) is 0 Å². The summed E-state index contributed by atoms with van der Waals surface area (Å²) in [5, 5.41) is 14.7. The van der Waals surface area contributed by atoms with Crippen molar-refractivity contribution in [2.75, 3.05) is 5.32 Å². The van der Waals surface area contributed by atoms with Crippen LogP contribution in [-0.4, -0.2) is 4.92 Å². The molecule has 2 aromatic carbocycles. The summed E-state index contributed by atoms with van der Waals surface area (Å²) in [6.07, 6.45) is 0. The fourth-order valence-corrected chi connectivity index (χ4v) is 2.69. The van der Waals surface area contributed by atoms with E-state index < -0.39 is 4.92 Å². The van der Waals surface area contributed by atoms with E-state index in [1.165, 1.54) is 12.1 Å². The molecule has 110 valence electrons. The molecule has 2 aromatic rings. The van der Waals surface area contributed by atoms with Gasteiger partial charge in [0, 0.05) is 27.7 Å². The summed E-state index contributed by atoms with van der Waals surface area (Å²) in [6, 6.07) is 10.3. The molecule has 0 bridgehead atoms. The van der Waals surface area contributed by atoms with Gasteiger partial charge in [0.15, 0.2) is 0 Å². The van der Waals surface area contributed by atoms with E-state index in [0.717, 1.165) is 21.3 Å². The second kappa shape index (κ2) is 6.45. The predicted molar refractivity (Wildman–Crippen MR) is 89.0 cm³/mol. The Bertz CT molecular complexity index is 674. The Hall–Kier alpha value is -1.59. The number of aryl methyl sites for hydroxylation is 1. The molecule has 6 heteroatoms. The number of anilines is 1. The summed E-state index contributed by atoms with van der Waals surface area (Å²) < 4.78 is 0.929. The number of hydrogen-bond donors (Lipinski definition) is 1. The van der Waals surface area contributed by atoms with Crippen molar-refractivity contribution in [3.05, 3.63) is 67.1 Å². The van der Waals surface area contributed by atoms with Crippen molar-refractivity contribution >= 4 is 38.9 Å². The average molecular weight is 370 g/mol. The van der Waals surface area contributed by atoms with Crippen molar-refractivity contribution in [1.82, 2.24) is 0 Å². The SMILES string of the molecule is Cc1cc(Br)c(NC(C)c2ccc([N+](=O)[O-])cc2)cc1Cl. The van der Waals surface area contributed by atoms with Gasteiger partial charge in [-0.2, -0.15) is 0 Å². The minimum Gasteiger partial charge on any atom is -0.378 e. The fourth-order valence-electron chi connectivity index (χ4n) is 1.96. The van der Waals surface area contributed by atoms with E-state index in [4.69, 9.17) is 11.6 Å². The van der Waals surface area contributed by atoms with Crippen LogP contribution in [0, 0.1) is 17.0 Å². The first-order valence-corrected chi connectivity index (χ1v) is 7.52. The van der Waals surface area contributed by atoms with Crippen LogP contribution in [0.15, 0.2) is 40.9 Å². The van der Waals surface area contributed by atoms with Crippen LogP contribution in [0.4, 0.5) is 11.4 Å². The molecule has 0 aliphatic rings. The fraction of sp³-hybridized carbons (Fsp3) is 0.200. The van der Waals surface area contributed by atoms with Gasteiger partial charge in [0.2, 0.25) is 0 Å². The second-order valence-corrected chi connectivity index (χ2v) is 6.06. The van der Waals surface area contributed by atoms with Gasteiger partial charge in [-0.3, -0.25) is 10.1 Å². The topological polar surface area (TPSA) is 55.2 Å². The van der Waals surface area contributed by atoms with Gasteiger partial charge in [0.1, 0.15) is 0 Å². The molecule has 0 aromatic heterocycles. The summed E-state index contributed by atoms with van der Waals surface area (Å²) >= 11 is 9.64. The van der Waals surface area contributed by atoms with Gasteiger partial charge in [0.05, 0.1) is 10.6 Å². The maximum absolute atomic E-state index is 10.7. The molecule has 1 atom stereocenters. The minimum atomic E-state index is -0.405. The van der Waals surface area contributed by atoms with Crippen LogP contribution in [0.25, 0.3) is 0 Å². The molecule has 0 saturated carbocycles. The molecule has 0 amide bonds. The molecule has 0 spiro atoms. The van der Waals surface area contributed by atoms with Crippen LogP contribution in [-0.2, 0) is 0 Å². The highest BCUT2D eigenvalue weighted by atomic mass is 79.9. The Kier molecular flexibility index (Phi) is 4.85. The zero-order valence-corrected chi connectivity index (χ0v) is 13.9. The first kappa shape index (κ1) is 15.8. The summed E-state index contributed by atoms with van der Waals surface area (Å²) in [7, 11) is 0. The van der Waals surface area contributed by atoms with Crippen LogP contribution < -0.4 is 5.32 Å². The van der Waals surface area contributed by atoms with Crippen molar-refractivity contribution in [1.29, 1.82) is 0 Å². The second-order valence-electron chi connectivity index (χ2n) is 4.80. The quantitative estimate of drug-likeness (QED) is 0.572. The molecular formula is C15H14BrClN2O2. The third-order valence-corrected chi connectivity index (χ3v) is 4.29. The molecule has 0 heterocycles. The summed E-state index contributed by atoms with van der Waals surface area (Å²) in [4.78, 5) is 10.3. The lowest BCUT2D eigenvalue weighted by Crippen LogP contribution is -2.07. The molecule has 2 rings (SSSR count). The molecule has 1 unspecified atom stereocenters. The lowest BCUT2D eigenvalue weighted by atomic mass is 10.1. The number of rotatable bonds is 4. The highest BCUT2D eigenvalue weighted by Gasteiger charge is 2.11. The van der Waals surface area contributed by atoms with Gasteiger partial charge in [-0.1, -0.05) is 23.7 Å². The van der Waals surface area contributed by atoms with Crippen LogP contribution >= 0.6 is 27.5 Å². The molecule has 0 radical (unpaired) electrons. The predicted octanol–water partition coefficient (Wildman–Crippen LogP) is 5.49. The monoisotopic (exact) mass is 368 g/mol. The summed E-state index contributed by atoms with van der Waals surface area (Å²) in [5.74, 6) is 0. The number of hydrogen-bond acceptors (Lipinski definition) is 3. The van der Waals surface area contributed by atoms with E-state index in [1.807, 2.05) is 26.0 Å². The largest absolute Gasteiger partial charge is 0.378 e. The third kappa shape index (κ3) is 3.74. The lowest BCUT2D eigenvalue weighted by molar-refractivity contribution is -0.384. The van der Waals surface area contributed by atoms with Gasteiger partial charge in [-0.05, 0) is 53.0 Å². The number of halogens is 2. The smallest absolute Gasteiger partial charge is 0.269 e. The van der Waals surface area contributed by atoms with Crippen molar-refractivity contribution in [2.24, 2.45) is 0 Å². The Morgan fingerprint density at radius 3 is 2.48 bits per heavy atom. The molecule has 21 heavy (non-hydrogen) atoms. The first-order valence-electron chi connectivity index (χ1n) is 6.35. The van der Waals surface area contributed by atoms with E-state index in [1.54, 1.807) is 12.1 Å². The van der Waals surface area contributed by atoms with E-state index in [0.29, 0.717) is 5.02 Å². The first-order chi connectivity index (χ1) is 9.88. The van der Waals surface area contributed by atoms with Crippen LogP contribution in [0.1, 0.15) is 24.1 Å². The Morgan fingerprint density at radius 2 is 1.90 bits per heavy atom. The summed E-state index contributed by atoms with van der Waals surface area (Å²) in [6.45, 7) is 3.93.